The molecule has 1 atom stereocenters. The van der Waals surface area contributed by atoms with Gasteiger partial charge in [-0.2, -0.15) is 0 Å². The molecule has 114 valence electrons. The van der Waals surface area contributed by atoms with E-state index in [0.29, 0.717) is 25.2 Å². The molecule has 0 spiro atoms. The molecule has 1 aliphatic heterocycles. The maximum Gasteiger partial charge on any atom is 0.254 e. The minimum Gasteiger partial charge on any atom is -0.347 e. The van der Waals surface area contributed by atoms with Crippen molar-refractivity contribution in [2.75, 3.05) is 40.8 Å². The third-order valence-electron chi connectivity index (χ3n) is 3.66. The van der Waals surface area contributed by atoms with E-state index in [4.69, 9.17) is 0 Å². The van der Waals surface area contributed by atoms with Gasteiger partial charge < -0.3 is 14.7 Å². The predicted octanol–water partition coefficient (Wildman–Crippen LogP) is 0.670. The Labute approximate surface area is 123 Å². The van der Waals surface area contributed by atoms with Gasteiger partial charge in [0.2, 0.25) is 5.91 Å². The number of benzene rings is 1. The number of hydrogen-bond donors (Lipinski definition) is 0. The Morgan fingerprint density at radius 2 is 1.81 bits per heavy atom. The maximum atomic E-state index is 13.0. The summed E-state index contributed by atoms with van der Waals surface area (Å²) in [7, 11) is 5.28. The molecular formula is C15H20FN3O2. The molecule has 1 aromatic rings. The molecular weight excluding hydrogens is 273 g/mol. The monoisotopic (exact) mass is 293 g/mol. The molecule has 1 aliphatic rings. The van der Waals surface area contributed by atoms with E-state index in [2.05, 4.69) is 0 Å². The minimum absolute atomic E-state index is 0.1000. The van der Waals surface area contributed by atoms with Gasteiger partial charge in [0.15, 0.2) is 0 Å². The zero-order valence-electron chi connectivity index (χ0n) is 12.5. The van der Waals surface area contributed by atoms with Crippen LogP contribution in [0.3, 0.4) is 0 Å². The van der Waals surface area contributed by atoms with Gasteiger partial charge in [0, 0.05) is 39.3 Å². The zero-order chi connectivity index (χ0) is 15.6. The molecule has 1 unspecified atom stereocenters. The molecule has 0 bridgehead atoms. The molecule has 2 rings (SSSR count). The van der Waals surface area contributed by atoms with Gasteiger partial charge in [0.25, 0.3) is 5.91 Å². The summed E-state index contributed by atoms with van der Waals surface area (Å²) in [5.74, 6) is -0.717. The molecule has 6 heteroatoms. The fraction of sp³-hybridized carbons (Fsp3) is 0.467. The lowest BCUT2D eigenvalue weighted by Gasteiger charge is -2.40. The van der Waals surface area contributed by atoms with Crippen molar-refractivity contribution in [1.82, 2.24) is 14.7 Å². The van der Waals surface area contributed by atoms with Crippen molar-refractivity contribution in [1.29, 1.82) is 0 Å². The molecule has 5 nitrogen and oxygen atoms in total. The summed E-state index contributed by atoms with van der Waals surface area (Å²) in [5, 5.41) is 0. The van der Waals surface area contributed by atoms with Crippen LogP contribution in [-0.4, -0.2) is 73.3 Å². The lowest BCUT2D eigenvalue weighted by Crippen LogP contribution is -2.59. The van der Waals surface area contributed by atoms with Crippen LogP contribution in [0.2, 0.25) is 0 Å². The summed E-state index contributed by atoms with van der Waals surface area (Å²) in [6.07, 6.45) is 0. The quantitative estimate of drug-likeness (QED) is 0.805. The highest BCUT2D eigenvalue weighted by molar-refractivity contribution is 5.97. The van der Waals surface area contributed by atoms with Crippen LogP contribution < -0.4 is 0 Å². The standard InChI is InChI=1S/C15H20FN3O2/c1-17(2)15(21)13-10-18(3)8-9-19(13)14(20)11-4-6-12(16)7-5-11/h4-7,13H,8-10H2,1-3H3. The number of amides is 2. The number of hydrogen-bond acceptors (Lipinski definition) is 3. The fourth-order valence-electron chi connectivity index (χ4n) is 2.43. The average molecular weight is 293 g/mol. The van der Waals surface area contributed by atoms with Crippen molar-refractivity contribution < 1.29 is 14.0 Å². The topological polar surface area (TPSA) is 43.9 Å². The van der Waals surface area contributed by atoms with E-state index in [9.17, 15) is 14.0 Å². The van der Waals surface area contributed by atoms with E-state index in [1.54, 1.807) is 19.0 Å². The number of halogens is 1. The number of carbonyl (C=O) groups is 2. The number of nitrogens with zero attached hydrogens (tertiary/aromatic N) is 3. The molecule has 1 heterocycles. The van der Waals surface area contributed by atoms with Crippen LogP contribution in [0.25, 0.3) is 0 Å². The van der Waals surface area contributed by atoms with E-state index in [-0.39, 0.29) is 17.6 Å². The average Bonchev–Trinajstić information content (AvgIpc) is 2.46. The molecule has 0 radical (unpaired) electrons. The van der Waals surface area contributed by atoms with Crippen molar-refractivity contribution in [3.63, 3.8) is 0 Å². The van der Waals surface area contributed by atoms with Gasteiger partial charge in [-0.05, 0) is 31.3 Å². The van der Waals surface area contributed by atoms with Crippen LogP contribution in [0.5, 0.6) is 0 Å². The van der Waals surface area contributed by atoms with E-state index >= 15 is 0 Å². The second-order valence-electron chi connectivity index (χ2n) is 5.52. The molecule has 0 aromatic heterocycles. The first kappa shape index (κ1) is 15.4. The van der Waals surface area contributed by atoms with Gasteiger partial charge in [-0.25, -0.2) is 4.39 Å². The van der Waals surface area contributed by atoms with Crippen molar-refractivity contribution in [3.8, 4) is 0 Å². The fourth-order valence-corrected chi connectivity index (χ4v) is 2.43. The minimum atomic E-state index is -0.503. The number of carbonyl (C=O) groups excluding carboxylic acids is 2. The van der Waals surface area contributed by atoms with Gasteiger partial charge in [-0.3, -0.25) is 9.59 Å². The summed E-state index contributed by atoms with van der Waals surface area (Å²) in [6.45, 7) is 1.70. The van der Waals surface area contributed by atoms with Crippen LogP contribution in [0.1, 0.15) is 10.4 Å². The van der Waals surface area contributed by atoms with E-state index < -0.39 is 6.04 Å². The highest BCUT2D eigenvalue weighted by Gasteiger charge is 2.35. The molecule has 1 saturated heterocycles. The molecule has 21 heavy (non-hydrogen) atoms. The smallest absolute Gasteiger partial charge is 0.254 e. The Balaban J connectivity index is 2.24. The number of piperazine rings is 1. The molecule has 1 aromatic carbocycles. The van der Waals surface area contributed by atoms with Gasteiger partial charge in [-0.1, -0.05) is 0 Å². The highest BCUT2D eigenvalue weighted by atomic mass is 19.1. The third-order valence-corrected chi connectivity index (χ3v) is 3.66. The Morgan fingerprint density at radius 1 is 1.19 bits per heavy atom. The Kier molecular flexibility index (Phi) is 4.57. The second-order valence-corrected chi connectivity index (χ2v) is 5.52. The lowest BCUT2D eigenvalue weighted by molar-refractivity contribution is -0.135. The summed E-state index contributed by atoms with van der Waals surface area (Å²) < 4.78 is 13.0. The van der Waals surface area contributed by atoms with Crippen LogP contribution in [-0.2, 0) is 4.79 Å². The molecule has 0 aliphatic carbocycles. The van der Waals surface area contributed by atoms with E-state index in [1.165, 1.54) is 29.2 Å². The van der Waals surface area contributed by atoms with Gasteiger partial charge in [-0.15, -0.1) is 0 Å². The lowest BCUT2D eigenvalue weighted by atomic mass is 10.1. The zero-order valence-corrected chi connectivity index (χ0v) is 12.5. The Morgan fingerprint density at radius 3 is 2.38 bits per heavy atom. The summed E-state index contributed by atoms with van der Waals surface area (Å²) >= 11 is 0. The SMILES string of the molecule is CN1CCN(C(=O)c2ccc(F)cc2)C(C(=O)N(C)C)C1. The van der Waals surface area contributed by atoms with Crippen LogP contribution in [0, 0.1) is 5.82 Å². The van der Waals surface area contributed by atoms with Crippen molar-refractivity contribution in [3.05, 3.63) is 35.6 Å². The van der Waals surface area contributed by atoms with Crippen LogP contribution in [0.4, 0.5) is 4.39 Å². The first-order chi connectivity index (χ1) is 9.90. The maximum absolute atomic E-state index is 13.0. The van der Waals surface area contributed by atoms with Crippen LogP contribution in [0.15, 0.2) is 24.3 Å². The number of rotatable bonds is 2. The third kappa shape index (κ3) is 3.39. The van der Waals surface area contributed by atoms with Crippen molar-refractivity contribution in [2.24, 2.45) is 0 Å². The predicted molar refractivity (Wildman–Crippen MR) is 77.4 cm³/mol. The summed E-state index contributed by atoms with van der Waals surface area (Å²) in [6, 6.07) is 4.91. The van der Waals surface area contributed by atoms with Crippen LogP contribution >= 0.6 is 0 Å². The van der Waals surface area contributed by atoms with E-state index in [1.807, 2.05) is 11.9 Å². The first-order valence-corrected chi connectivity index (χ1v) is 6.86. The van der Waals surface area contributed by atoms with Gasteiger partial charge >= 0.3 is 0 Å². The molecule has 2 amide bonds. The van der Waals surface area contributed by atoms with Crippen molar-refractivity contribution in [2.45, 2.75) is 6.04 Å². The molecule has 1 fully saturated rings. The molecule has 0 saturated carbocycles. The van der Waals surface area contributed by atoms with E-state index in [0.717, 1.165) is 0 Å². The molecule has 0 N–H and O–H groups in total. The van der Waals surface area contributed by atoms with Gasteiger partial charge in [0.05, 0.1) is 0 Å². The second kappa shape index (κ2) is 6.22. The Hall–Kier alpha value is -1.95. The first-order valence-electron chi connectivity index (χ1n) is 6.86. The normalized spacial score (nSPS) is 19.4. The van der Waals surface area contributed by atoms with Crippen molar-refractivity contribution >= 4 is 11.8 Å². The summed E-state index contributed by atoms with van der Waals surface area (Å²) in [4.78, 5) is 30.0. The largest absolute Gasteiger partial charge is 0.347 e. The number of likely N-dealkylation sites (N-methyl/N-ethyl adjacent to an activating group) is 2. The summed E-state index contributed by atoms with van der Waals surface area (Å²) in [5.41, 5.74) is 0.400. The van der Waals surface area contributed by atoms with Gasteiger partial charge in [0.1, 0.15) is 11.9 Å². The highest BCUT2D eigenvalue weighted by Crippen LogP contribution is 2.15. The Bertz CT molecular complexity index is 530.